The summed E-state index contributed by atoms with van der Waals surface area (Å²) in [5.41, 5.74) is 1.52. The Morgan fingerprint density at radius 1 is 1.15 bits per heavy atom. The second kappa shape index (κ2) is 11.7. The Bertz CT molecular complexity index is 1470. The molecule has 2 heterocycles. The third kappa shape index (κ3) is 5.76. The number of hydrogen-bond acceptors (Lipinski definition) is 5. The van der Waals surface area contributed by atoms with Crippen molar-refractivity contribution in [1.82, 2.24) is 4.90 Å². The van der Waals surface area contributed by atoms with Gasteiger partial charge in [-0.1, -0.05) is 18.7 Å². The maximum Gasteiger partial charge on any atom is 0.271 e. The summed E-state index contributed by atoms with van der Waals surface area (Å²) in [4.78, 5) is 2.67. The summed E-state index contributed by atoms with van der Waals surface area (Å²) in [5, 5.41) is 3.91. The Morgan fingerprint density at radius 3 is 2.55 bits per heavy atom. The predicted octanol–water partition coefficient (Wildman–Crippen LogP) is 8.50. The first kappa shape index (κ1) is 28.2. The Hall–Kier alpha value is -3.30. The molecule has 1 saturated heterocycles. The van der Waals surface area contributed by atoms with E-state index in [2.05, 4.69) is 16.8 Å². The number of anilines is 1. The minimum Gasteiger partial charge on any atom is -0.492 e. The lowest BCUT2D eigenvalue weighted by atomic mass is 9.99. The molecule has 0 unspecified atom stereocenters. The molecule has 0 amide bonds. The van der Waals surface area contributed by atoms with Crippen LogP contribution in [0, 0.1) is 5.82 Å². The second-order valence-corrected chi connectivity index (χ2v) is 11.1. The number of halogens is 4. The highest BCUT2D eigenvalue weighted by molar-refractivity contribution is 7.23. The van der Waals surface area contributed by atoms with Crippen LogP contribution in [0.1, 0.15) is 37.3 Å². The molecular formula is C31H32F4N2O2S. The molecule has 4 nitrogen and oxygen atoms in total. The van der Waals surface area contributed by atoms with Gasteiger partial charge in [0.25, 0.3) is 5.92 Å². The molecule has 0 bridgehead atoms. The first-order chi connectivity index (χ1) is 19.2. The number of fused-ring (bicyclic) bond motifs is 1. The minimum absolute atomic E-state index is 0.0976. The number of thiophene rings is 1. The van der Waals surface area contributed by atoms with Crippen LogP contribution in [0.2, 0.25) is 0 Å². The molecule has 1 N–H and O–H groups in total. The zero-order valence-corrected chi connectivity index (χ0v) is 23.4. The van der Waals surface area contributed by atoms with E-state index in [1.54, 1.807) is 13.1 Å². The number of rotatable bonds is 11. The Kier molecular flexibility index (Phi) is 8.24. The second-order valence-electron chi connectivity index (χ2n) is 10.1. The lowest BCUT2D eigenvalue weighted by Crippen LogP contribution is -2.52. The Balaban J connectivity index is 1.49. The molecular weight excluding hydrogens is 540 g/mol. The van der Waals surface area contributed by atoms with Gasteiger partial charge in [0.15, 0.2) is 5.75 Å². The molecule has 5 rings (SSSR count). The lowest BCUT2D eigenvalue weighted by Gasteiger charge is -2.39. The van der Waals surface area contributed by atoms with Gasteiger partial charge >= 0.3 is 0 Å². The van der Waals surface area contributed by atoms with Crippen molar-refractivity contribution in [2.75, 3.05) is 38.7 Å². The molecule has 1 aliphatic carbocycles. The molecule has 40 heavy (non-hydrogen) atoms. The maximum atomic E-state index is 14.7. The SMILES string of the molecule is C=Cc1c(NC)ccc2c(OC3=CC=C(OC4CN(CCCF)C4)CC3)c(-c3ccc(F)cc3C(C)(F)F)sc12. The molecule has 0 radical (unpaired) electrons. The van der Waals surface area contributed by atoms with Crippen LogP contribution >= 0.6 is 11.3 Å². The first-order valence-corrected chi connectivity index (χ1v) is 14.1. The monoisotopic (exact) mass is 572 g/mol. The van der Waals surface area contributed by atoms with E-state index >= 15 is 0 Å². The standard InChI is InChI=1S/C31H32F4N2O2S/c1-4-23-27(36-3)13-12-25-28(30(40-29(23)25)24-11-6-19(33)16-26(24)31(2,34)35)39-21-9-7-20(8-10-21)38-22-17-37(18-22)15-5-14-32/h4,6-7,9,11-13,16,22,36H,1,5,8,10,14-15,17-18H2,2-3H3. The third-order valence-corrected chi connectivity index (χ3v) is 8.43. The predicted molar refractivity (Wildman–Crippen MR) is 154 cm³/mol. The Labute approximate surface area is 235 Å². The number of hydrogen-bond donors (Lipinski definition) is 1. The number of nitrogens with zero attached hydrogens (tertiary/aromatic N) is 1. The lowest BCUT2D eigenvalue weighted by molar-refractivity contribution is -0.0254. The van der Waals surface area contributed by atoms with Gasteiger partial charge in [0.05, 0.1) is 17.3 Å². The van der Waals surface area contributed by atoms with Gasteiger partial charge in [0.1, 0.15) is 17.7 Å². The quantitative estimate of drug-likeness (QED) is 0.234. The molecule has 9 heteroatoms. The van der Waals surface area contributed by atoms with Crippen LogP contribution in [-0.2, 0) is 10.7 Å². The summed E-state index contributed by atoms with van der Waals surface area (Å²) in [7, 11) is 1.81. The molecule has 1 fully saturated rings. The van der Waals surface area contributed by atoms with E-state index in [9.17, 15) is 17.6 Å². The van der Waals surface area contributed by atoms with E-state index < -0.39 is 17.3 Å². The summed E-state index contributed by atoms with van der Waals surface area (Å²) in [6, 6.07) is 7.28. The average Bonchev–Trinajstić information content (AvgIpc) is 3.27. The van der Waals surface area contributed by atoms with Crippen LogP contribution in [0.3, 0.4) is 0 Å². The van der Waals surface area contributed by atoms with Crippen LogP contribution in [0.4, 0.5) is 23.2 Å². The van der Waals surface area contributed by atoms with E-state index in [0.29, 0.717) is 35.6 Å². The molecule has 3 aromatic rings. The van der Waals surface area contributed by atoms with Crippen LogP contribution in [0.15, 0.2) is 60.6 Å². The first-order valence-electron chi connectivity index (χ1n) is 13.3. The average molecular weight is 573 g/mol. The number of benzene rings is 2. The van der Waals surface area contributed by atoms with Crippen molar-refractivity contribution in [2.24, 2.45) is 0 Å². The zero-order valence-electron chi connectivity index (χ0n) is 22.5. The molecule has 1 aromatic heterocycles. The number of alkyl halides is 3. The summed E-state index contributed by atoms with van der Waals surface area (Å²) in [6.45, 7) is 6.73. The van der Waals surface area contributed by atoms with E-state index in [4.69, 9.17) is 9.47 Å². The topological polar surface area (TPSA) is 33.7 Å². The fourth-order valence-electron chi connectivity index (χ4n) is 5.13. The number of allylic oxidation sites excluding steroid dienone is 4. The fraction of sp³-hybridized carbons (Fsp3) is 0.355. The number of likely N-dealkylation sites (tertiary alicyclic amines) is 1. The molecule has 2 aliphatic rings. The summed E-state index contributed by atoms with van der Waals surface area (Å²) >= 11 is 1.32. The van der Waals surface area contributed by atoms with Gasteiger partial charge in [-0.05, 0) is 42.8 Å². The smallest absolute Gasteiger partial charge is 0.271 e. The molecule has 0 spiro atoms. The van der Waals surface area contributed by atoms with Crippen molar-refractivity contribution < 1.29 is 27.0 Å². The minimum atomic E-state index is -3.26. The van der Waals surface area contributed by atoms with Gasteiger partial charge in [-0.2, -0.15) is 0 Å². The third-order valence-electron chi connectivity index (χ3n) is 7.18. The summed E-state index contributed by atoms with van der Waals surface area (Å²) in [6.07, 6.45) is 7.31. The van der Waals surface area contributed by atoms with Gasteiger partial charge < -0.3 is 14.8 Å². The van der Waals surface area contributed by atoms with E-state index in [-0.39, 0.29) is 18.3 Å². The molecule has 0 saturated carbocycles. The molecule has 0 atom stereocenters. The van der Waals surface area contributed by atoms with E-state index in [1.807, 2.05) is 24.3 Å². The van der Waals surface area contributed by atoms with Crippen molar-refractivity contribution >= 4 is 33.2 Å². The van der Waals surface area contributed by atoms with Gasteiger partial charge in [-0.25, -0.2) is 13.2 Å². The molecule has 2 aromatic carbocycles. The highest BCUT2D eigenvalue weighted by Crippen LogP contribution is 2.51. The van der Waals surface area contributed by atoms with E-state index in [0.717, 1.165) is 59.7 Å². The van der Waals surface area contributed by atoms with Gasteiger partial charge in [0, 0.05) is 78.9 Å². The maximum absolute atomic E-state index is 14.7. The normalized spacial score (nSPS) is 16.4. The Morgan fingerprint density at radius 2 is 1.90 bits per heavy atom. The number of ether oxygens (including phenoxy) is 2. The summed E-state index contributed by atoms with van der Waals surface area (Å²) in [5.74, 6) is -2.00. The van der Waals surface area contributed by atoms with Crippen molar-refractivity contribution in [1.29, 1.82) is 0 Å². The van der Waals surface area contributed by atoms with Crippen molar-refractivity contribution in [2.45, 2.75) is 38.2 Å². The van der Waals surface area contributed by atoms with Crippen LogP contribution in [0.25, 0.3) is 26.6 Å². The highest BCUT2D eigenvalue weighted by Gasteiger charge is 2.32. The largest absolute Gasteiger partial charge is 0.492 e. The fourth-order valence-corrected chi connectivity index (χ4v) is 6.44. The van der Waals surface area contributed by atoms with Gasteiger partial charge in [-0.15, -0.1) is 11.3 Å². The molecule has 1 aliphatic heterocycles. The van der Waals surface area contributed by atoms with Crippen LogP contribution < -0.4 is 10.1 Å². The number of nitrogens with one attached hydrogen (secondary N) is 1. The molecule has 212 valence electrons. The zero-order chi connectivity index (χ0) is 28.4. The van der Waals surface area contributed by atoms with Gasteiger partial charge in [0.2, 0.25) is 0 Å². The van der Waals surface area contributed by atoms with Crippen molar-refractivity contribution in [3.8, 4) is 16.2 Å². The van der Waals surface area contributed by atoms with Crippen LogP contribution in [0.5, 0.6) is 5.75 Å². The highest BCUT2D eigenvalue weighted by atomic mass is 32.1. The van der Waals surface area contributed by atoms with E-state index in [1.165, 1.54) is 23.5 Å². The summed E-state index contributed by atoms with van der Waals surface area (Å²) < 4.78 is 69.2. The van der Waals surface area contributed by atoms with Crippen LogP contribution in [-0.4, -0.2) is 44.4 Å². The van der Waals surface area contributed by atoms with Crippen molar-refractivity contribution in [3.05, 3.63) is 77.5 Å². The van der Waals surface area contributed by atoms with Crippen molar-refractivity contribution in [3.63, 3.8) is 0 Å². The van der Waals surface area contributed by atoms with Gasteiger partial charge in [-0.3, -0.25) is 9.29 Å².